The van der Waals surface area contributed by atoms with E-state index in [2.05, 4.69) is 182 Å². The van der Waals surface area contributed by atoms with Crippen molar-refractivity contribution in [1.82, 2.24) is 0 Å². The molecule has 0 fully saturated rings. The Morgan fingerprint density at radius 2 is 1.12 bits per heavy atom. The summed E-state index contributed by atoms with van der Waals surface area (Å²) in [5.74, 6) is 0. The summed E-state index contributed by atoms with van der Waals surface area (Å²) >= 11 is 1.91. The van der Waals surface area contributed by atoms with Crippen LogP contribution in [0.1, 0.15) is 16.7 Å². The normalized spacial score (nSPS) is 12.3. The van der Waals surface area contributed by atoms with Gasteiger partial charge in [0.05, 0.1) is 17.1 Å². The topological polar surface area (TPSA) is 6.48 Å². The molecular weight excluding hydrogens is 625 g/mol. The first-order valence-corrected chi connectivity index (χ1v) is 18.1. The van der Waals surface area contributed by atoms with Gasteiger partial charge in [0.25, 0.3) is 0 Å². The van der Waals surface area contributed by atoms with E-state index >= 15 is 0 Å². The maximum Gasteiger partial charge on any atom is 0.0561 e. The number of rotatable bonds is 4. The number of aryl methyl sites for hydroxylation is 3. The van der Waals surface area contributed by atoms with Crippen molar-refractivity contribution in [3.63, 3.8) is 0 Å². The maximum absolute atomic E-state index is 2.47. The molecule has 2 nitrogen and oxygen atoms in total. The van der Waals surface area contributed by atoms with Crippen LogP contribution in [-0.4, -0.2) is 0 Å². The summed E-state index contributed by atoms with van der Waals surface area (Å²) < 4.78 is 2.60. The summed E-state index contributed by atoms with van der Waals surface area (Å²) in [6.07, 6.45) is 0. The van der Waals surface area contributed by atoms with Crippen molar-refractivity contribution in [2.45, 2.75) is 20.8 Å². The summed E-state index contributed by atoms with van der Waals surface area (Å²) in [5, 5.41) is 7.83. The van der Waals surface area contributed by atoms with Crippen LogP contribution in [0.5, 0.6) is 0 Å². The Hall–Kier alpha value is -5.90. The van der Waals surface area contributed by atoms with Gasteiger partial charge in [0.1, 0.15) is 0 Å². The number of fused-ring (bicyclic) bond motifs is 8. The molecule has 0 aliphatic carbocycles. The second-order valence-corrected chi connectivity index (χ2v) is 14.6. The number of benzene rings is 8. The summed E-state index contributed by atoms with van der Waals surface area (Å²) in [4.78, 5) is 4.93. The fourth-order valence-electron chi connectivity index (χ4n) is 8.21. The fourth-order valence-corrected chi connectivity index (χ4v) is 9.42. The molecule has 8 aromatic carbocycles. The van der Waals surface area contributed by atoms with Crippen LogP contribution < -0.4 is 9.80 Å². The molecular formula is C47H34N2S. The lowest BCUT2D eigenvalue weighted by atomic mass is 9.88. The molecule has 0 bridgehead atoms. The lowest BCUT2D eigenvalue weighted by Crippen LogP contribution is -2.15. The van der Waals surface area contributed by atoms with Crippen LogP contribution >= 0.6 is 11.3 Å². The molecule has 3 heteroatoms. The summed E-state index contributed by atoms with van der Waals surface area (Å²) in [7, 11) is 0. The molecule has 10 rings (SSSR count). The minimum Gasteiger partial charge on any atom is -0.310 e. The largest absolute Gasteiger partial charge is 0.310 e. The van der Waals surface area contributed by atoms with E-state index in [0.717, 1.165) is 0 Å². The van der Waals surface area contributed by atoms with Gasteiger partial charge in [0.15, 0.2) is 0 Å². The predicted molar refractivity (Wildman–Crippen MR) is 217 cm³/mol. The van der Waals surface area contributed by atoms with Gasteiger partial charge in [-0.1, -0.05) is 103 Å². The number of thiophene rings is 1. The van der Waals surface area contributed by atoms with Gasteiger partial charge in [0, 0.05) is 53.6 Å². The Morgan fingerprint density at radius 3 is 1.96 bits per heavy atom. The standard InChI is InChI=1S/C47H34N2S/c1-29-13-10-16-32(25-29)48(39-23-8-4-15-31(39)3)41-27-43-46(37-20-6-5-19-35(37)41)47-38-22-12-21-36-34-18-7-9-24-40(34)49(33-17-11-14-30(2)26-33)42(45(36)38)28-44(47)50-43/h4-28H,1-3H3. The molecule has 0 saturated carbocycles. The van der Waals surface area contributed by atoms with E-state index in [1.54, 1.807) is 0 Å². The monoisotopic (exact) mass is 658 g/mol. The summed E-state index contributed by atoms with van der Waals surface area (Å²) in [6, 6.07) is 56.2. The molecule has 0 spiro atoms. The average Bonchev–Trinajstić information content (AvgIpc) is 3.51. The van der Waals surface area contributed by atoms with Crippen molar-refractivity contribution < 1.29 is 0 Å². The molecule has 0 radical (unpaired) electrons. The number of nitrogens with zero attached hydrogens (tertiary/aromatic N) is 2. The third-order valence-corrected chi connectivity index (χ3v) is 11.4. The van der Waals surface area contributed by atoms with Gasteiger partial charge in [-0.2, -0.15) is 0 Å². The number of anilines is 6. The van der Waals surface area contributed by atoms with Crippen molar-refractivity contribution in [2.75, 3.05) is 9.80 Å². The van der Waals surface area contributed by atoms with E-state index in [1.807, 2.05) is 11.3 Å². The van der Waals surface area contributed by atoms with E-state index < -0.39 is 0 Å². The second kappa shape index (κ2) is 11.1. The van der Waals surface area contributed by atoms with Crippen LogP contribution in [0.4, 0.5) is 34.1 Å². The number of para-hydroxylation sites is 2. The summed E-state index contributed by atoms with van der Waals surface area (Å²) in [6.45, 7) is 6.56. The Bertz CT molecular complexity index is 2830. The highest BCUT2D eigenvalue weighted by Gasteiger charge is 2.29. The minimum atomic E-state index is 1.17. The molecule has 0 saturated heterocycles. The quantitative estimate of drug-likeness (QED) is 0.186. The van der Waals surface area contributed by atoms with Crippen LogP contribution in [0.25, 0.3) is 52.8 Å². The lowest BCUT2D eigenvalue weighted by molar-refractivity contribution is 1.25. The van der Waals surface area contributed by atoms with E-state index in [9.17, 15) is 0 Å². The van der Waals surface area contributed by atoms with Crippen molar-refractivity contribution in [1.29, 1.82) is 0 Å². The zero-order chi connectivity index (χ0) is 33.5. The van der Waals surface area contributed by atoms with Crippen molar-refractivity contribution in [3.8, 4) is 11.1 Å². The average molecular weight is 659 g/mol. The van der Waals surface area contributed by atoms with E-state index in [1.165, 1.54) is 104 Å². The highest BCUT2D eigenvalue weighted by molar-refractivity contribution is 7.26. The van der Waals surface area contributed by atoms with Crippen molar-refractivity contribution >= 4 is 87.2 Å². The van der Waals surface area contributed by atoms with Gasteiger partial charge < -0.3 is 9.80 Å². The summed E-state index contributed by atoms with van der Waals surface area (Å²) in [5.41, 5.74) is 13.5. The molecule has 1 aromatic heterocycles. The molecule has 1 aliphatic heterocycles. The minimum absolute atomic E-state index is 1.17. The second-order valence-electron chi connectivity index (χ2n) is 13.6. The Balaban J connectivity index is 1.33. The van der Waals surface area contributed by atoms with Crippen LogP contribution in [-0.2, 0) is 0 Å². The van der Waals surface area contributed by atoms with Crippen LogP contribution in [0.2, 0.25) is 0 Å². The first kappa shape index (κ1) is 29.1. The number of hydrogen-bond donors (Lipinski definition) is 0. The van der Waals surface area contributed by atoms with Crippen molar-refractivity contribution in [3.05, 3.63) is 168 Å². The first-order chi connectivity index (χ1) is 24.5. The fraction of sp³-hybridized carbons (Fsp3) is 0.0638. The van der Waals surface area contributed by atoms with Gasteiger partial charge >= 0.3 is 0 Å². The molecule has 50 heavy (non-hydrogen) atoms. The molecule has 0 amide bonds. The SMILES string of the molecule is Cc1cccc(N(c2ccccc2C)c2cc3sc4cc5c6c(cccc6c4c3c3ccccc23)-c2ccccc2N5c2cccc(C)c2)c1. The molecule has 2 heterocycles. The molecule has 1 aliphatic rings. The first-order valence-electron chi connectivity index (χ1n) is 17.3. The van der Waals surface area contributed by atoms with Gasteiger partial charge in [-0.15, -0.1) is 11.3 Å². The van der Waals surface area contributed by atoms with Gasteiger partial charge in [-0.25, -0.2) is 0 Å². The zero-order valence-corrected chi connectivity index (χ0v) is 29.1. The molecule has 238 valence electrons. The number of hydrogen-bond acceptors (Lipinski definition) is 3. The zero-order valence-electron chi connectivity index (χ0n) is 28.2. The van der Waals surface area contributed by atoms with Crippen LogP contribution in [0, 0.1) is 20.8 Å². The Kier molecular flexibility index (Phi) is 6.43. The molecule has 0 N–H and O–H groups in total. The van der Waals surface area contributed by atoms with Gasteiger partial charge in [0.2, 0.25) is 0 Å². The lowest BCUT2D eigenvalue weighted by Gasteiger charge is -2.34. The Labute approximate surface area is 296 Å². The maximum atomic E-state index is 2.47. The molecule has 9 aromatic rings. The molecule has 0 atom stereocenters. The van der Waals surface area contributed by atoms with E-state index in [-0.39, 0.29) is 0 Å². The highest BCUT2D eigenvalue weighted by Crippen LogP contribution is 2.55. The van der Waals surface area contributed by atoms with Crippen LogP contribution in [0.15, 0.2) is 152 Å². The van der Waals surface area contributed by atoms with Gasteiger partial charge in [-0.3, -0.25) is 0 Å². The third-order valence-electron chi connectivity index (χ3n) is 10.4. The molecule has 0 unspecified atom stereocenters. The van der Waals surface area contributed by atoms with E-state index in [4.69, 9.17) is 0 Å². The van der Waals surface area contributed by atoms with Crippen LogP contribution in [0.3, 0.4) is 0 Å². The predicted octanol–water partition coefficient (Wildman–Crippen LogP) is 14.2. The third kappa shape index (κ3) is 4.27. The van der Waals surface area contributed by atoms with E-state index in [0.29, 0.717) is 0 Å². The van der Waals surface area contributed by atoms with Crippen molar-refractivity contribution in [2.24, 2.45) is 0 Å². The van der Waals surface area contributed by atoms with Gasteiger partial charge in [-0.05, 0) is 102 Å². The highest BCUT2D eigenvalue weighted by atomic mass is 32.1. The Morgan fingerprint density at radius 1 is 0.460 bits per heavy atom. The smallest absolute Gasteiger partial charge is 0.0561 e.